The molecular weight excluding hydrogens is 292 g/mol. The van der Waals surface area contributed by atoms with Crippen LogP contribution in [0.15, 0.2) is 24.3 Å². The van der Waals surface area contributed by atoms with Crippen LogP contribution in [0.2, 0.25) is 0 Å². The van der Waals surface area contributed by atoms with Gasteiger partial charge < -0.3 is 5.32 Å². The summed E-state index contributed by atoms with van der Waals surface area (Å²) in [5.74, 6) is 0.799. The van der Waals surface area contributed by atoms with Crippen molar-refractivity contribution in [3.05, 3.63) is 34.7 Å². The fourth-order valence-corrected chi connectivity index (χ4v) is 5.67. The Morgan fingerprint density at radius 1 is 1.41 bits per heavy atom. The van der Waals surface area contributed by atoms with Gasteiger partial charge in [0.15, 0.2) is 0 Å². The van der Waals surface area contributed by atoms with Gasteiger partial charge in [0.2, 0.25) is 0 Å². The van der Waals surface area contributed by atoms with E-state index >= 15 is 0 Å². The number of hydrogen-bond donors (Lipinski definition) is 1. The van der Waals surface area contributed by atoms with Gasteiger partial charge in [-0.1, -0.05) is 18.2 Å². The van der Waals surface area contributed by atoms with Crippen molar-refractivity contribution < 1.29 is 4.79 Å². The Morgan fingerprint density at radius 2 is 2.27 bits per heavy atom. The Balaban J connectivity index is 1.43. The van der Waals surface area contributed by atoms with E-state index in [0.29, 0.717) is 17.5 Å². The predicted molar refractivity (Wildman–Crippen MR) is 89.5 cm³/mol. The van der Waals surface area contributed by atoms with Gasteiger partial charge in [0, 0.05) is 16.8 Å². The summed E-state index contributed by atoms with van der Waals surface area (Å²) in [7, 11) is 0. The van der Waals surface area contributed by atoms with E-state index in [9.17, 15) is 4.79 Å². The Hall–Kier alpha value is -1.39. The van der Waals surface area contributed by atoms with E-state index in [2.05, 4.69) is 41.4 Å². The maximum Gasteiger partial charge on any atom is 0.261 e. The second kappa shape index (κ2) is 4.33. The average Bonchev–Trinajstić information content (AvgIpc) is 2.90. The van der Waals surface area contributed by atoms with Crippen LogP contribution in [-0.2, 0) is 0 Å². The number of carbonyl (C=O) groups excluding carboxylic acids is 1. The lowest BCUT2D eigenvalue weighted by Crippen LogP contribution is -2.51. The monoisotopic (exact) mass is 312 g/mol. The third-order valence-electron chi connectivity index (χ3n) is 5.92. The number of piperidine rings is 1. The van der Waals surface area contributed by atoms with Crippen LogP contribution in [0.25, 0.3) is 10.1 Å². The van der Waals surface area contributed by atoms with Crippen LogP contribution >= 0.6 is 11.3 Å². The van der Waals surface area contributed by atoms with Crippen molar-refractivity contribution in [1.29, 1.82) is 0 Å². The number of benzene rings is 1. The smallest absolute Gasteiger partial charge is 0.261 e. The summed E-state index contributed by atoms with van der Waals surface area (Å²) in [4.78, 5) is 16.2. The van der Waals surface area contributed by atoms with Gasteiger partial charge in [-0.05, 0) is 55.7 Å². The van der Waals surface area contributed by atoms with Crippen molar-refractivity contribution in [3.8, 4) is 0 Å². The minimum atomic E-state index is 0.130. The molecule has 1 aromatic carbocycles. The van der Waals surface area contributed by atoms with Gasteiger partial charge >= 0.3 is 0 Å². The molecule has 5 rings (SSSR count). The quantitative estimate of drug-likeness (QED) is 0.924. The van der Waals surface area contributed by atoms with Crippen LogP contribution < -0.4 is 5.32 Å². The molecule has 3 fully saturated rings. The van der Waals surface area contributed by atoms with Gasteiger partial charge in [0.05, 0.1) is 10.9 Å². The van der Waals surface area contributed by atoms with E-state index in [1.54, 1.807) is 11.3 Å². The minimum Gasteiger partial charge on any atom is -0.346 e. The topological polar surface area (TPSA) is 32.3 Å². The Morgan fingerprint density at radius 3 is 3.05 bits per heavy atom. The van der Waals surface area contributed by atoms with Gasteiger partial charge in [0.1, 0.15) is 0 Å². The molecule has 1 aliphatic carbocycles. The molecule has 2 saturated heterocycles. The normalized spacial score (nSPS) is 31.0. The minimum absolute atomic E-state index is 0.130. The molecule has 114 valence electrons. The standard InChI is InChI=1S/C18H20N2OS/c1-11-3-2-4-12-9-14(22-15(11)12)17(21)19-16-13-5-8-20(10-13)18(16)6-7-18/h2-4,9,13,16H,5-8,10H2,1H3,(H,19,21)/t13?,16-/m1/s1. The molecule has 1 spiro atoms. The van der Waals surface area contributed by atoms with E-state index in [1.807, 2.05) is 0 Å². The largest absolute Gasteiger partial charge is 0.346 e. The van der Waals surface area contributed by atoms with Gasteiger partial charge in [-0.15, -0.1) is 11.3 Å². The van der Waals surface area contributed by atoms with Crippen LogP contribution in [-0.4, -0.2) is 35.5 Å². The number of fused-ring (bicyclic) bond motifs is 4. The van der Waals surface area contributed by atoms with Crippen molar-refractivity contribution >= 4 is 27.3 Å². The number of rotatable bonds is 2. The first-order valence-corrected chi connectivity index (χ1v) is 9.04. The van der Waals surface area contributed by atoms with Gasteiger partial charge in [0.25, 0.3) is 5.91 Å². The molecule has 3 nitrogen and oxygen atoms in total. The molecular formula is C18H20N2OS. The number of nitrogens with one attached hydrogen (secondary N) is 1. The maximum atomic E-state index is 12.8. The van der Waals surface area contributed by atoms with E-state index in [-0.39, 0.29) is 5.91 Å². The van der Waals surface area contributed by atoms with E-state index in [0.717, 1.165) is 4.88 Å². The Labute approximate surface area is 134 Å². The van der Waals surface area contributed by atoms with Crippen molar-refractivity contribution in [2.75, 3.05) is 13.1 Å². The molecule has 1 amide bonds. The number of carbonyl (C=O) groups is 1. The summed E-state index contributed by atoms with van der Waals surface area (Å²) in [6.45, 7) is 4.54. The summed E-state index contributed by atoms with van der Waals surface area (Å²) >= 11 is 1.63. The van der Waals surface area contributed by atoms with Crippen molar-refractivity contribution in [3.63, 3.8) is 0 Å². The lowest BCUT2D eigenvalue weighted by atomic mass is 9.92. The number of hydrogen-bond acceptors (Lipinski definition) is 3. The third kappa shape index (κ3) is 1.68. The summed E-state index contributed by atoms with van der Waals surface area (Å²) in [5, 5.41) is 4.58. The second-order valence-electron chi connectivity index (χ2n) is 7.15. The second-order valence-corrected chi connectivity index (χ2v) is 8.21. The van der Waals surface area contributed by atoms with Gasteiger partial charge in [-0.2, -0.15) is 0 Å². The first-order chi connectivity index (χ1) is 10.7. The molecule has 3 aliphatic rings. The van der Waals surface area contributed by atoms with Gasteiger partial charge in [-0.25, -0.2) is 0 Å². The van der Waals surface area contributed by atoms with Crippen molar-refractivity contribution in [2.45, 2.75) is 37.8 Å². The summed E-state index contributed by atoms with van der Waals surface area (Å²) in [6.07, 6.45) is 3.78. The lowest BCUT2D eigenvalue weighted by Gasteiger charge is -2.33. The van der Waals surface area contributed by atoms with Crippen LogP contribution in [0.1, 0.15) is 34.5 Å². The third-order valence-corrected chi connectivity index (χ3v) is 7.20. The van der Waals surface area contributed by atoms with Crippen LogP contribution in [0.3, 0.4) is 0 Å². The highest BCUT2D eigenvalue weighted by Crippen LogP contribution is 2.55. The molecule has 22 heavy (non-hydrogen) atoms. The highest BCUT2D eigenvalue weighted by molar-refractivity contribution is 7.21. The SMILES string of the molecule is Cc1cccc2cc(C(=O)N[C@@H]3C4CCN(C4)C34CC4)sc12. The fourth-order valence-electron chi connectivity index (χ4n) is 4.64. The highest BCUT2D eigenvalue weighted by atomic mass is 32.1. The molecule has 4 heteroatoms. The van der Waals surface area contributed by atoms with Crippen LogP contribution in [0, 0.1) is 12.8 Å². The summed E-state index contributed by atoms with van der Waals surface area (Å²) in [6, 6.07) is 8.70. The number of nitrogens with zero attached hydrogens (tertiary/aromatic N) is 1. The zero-order chi connectivity index (χ0) is 14.9. The highest BCUT2D eigenvalue weighted by Gasteiger charge is 2.63. The number of thiophene rings is 1. The number of amides is 1. The fraction of sp³-hybridized carbons (Fsp3) is 0.500. The first kappa shape index (κ1) is 13.1. The lowest BCUT2D eigenvalue weighted by molar-refractivity contribution is 0.0896. The number of aryl methyl sites for hydroxylation is 1. The molecule has 1 N–H and O–H groups in total. The average molecular weight is 312 g/mol. The molecule has 2 aliphatic heterocycles. The Bertz CT molecular complexity index is 776. The summed E-state index contributed by atoms with van der Waals surface area (Å²) < 4.78 is 1.24. The van der Waals surface area contributed by atoms with E-state index in [4.69, 9.17) is 0 Å². The Kier molecular flexibility index (Phi) is 2.57. The van der Waals surface area contributed by atoms with Crippen LogP contribution in [0.5, 0.6) is 0 Å². The zero-order valence-electron chi connectivity index (χ0n) is 12.8. The molecule has 2 unspecified atom stereocenters. The molecule has 2 bridgehead atoms. The predicted octanol–water partition coefficient (Wildman–Crippen LogP) is 3.18. The molecule has 2 aromatic rings. The first-order valence-electron chi connectivity index (χ1n) is 8.22. The molecule has 3 atom stereocenters. The van der Waals surface area contributed by atoms with E-state index < -0.39 is 0 Å². The van der Waals surface area contributed by atoms with Gasteiger partial charge in [-0.3, -0.25) is 9.69 Å². The molecule has 3 heterocycles. The molecule has 1 aromatic heterocycles. The van der Waals surface area contributed by atoms with Crippen molar-refractivity contribution in [2.24, 2.45) is 5.92 Å². The van der Waals surface area contributed by atoms with Crippen molar-refractivity contribution in [1.82, 2.24) is 10.2 Å². The summed E-state index contributed by atoms with van der Waals surface area (Å²) in [5.41, 5.74) is 1.58. The molecule has 1 saturated carbocycles. The van der Waals surface area contributed by atoms with E-state index in [1.165, 1.54) is 48.0 Å². The maximum absolute atomic E-state index is 12.8. The molecule has 0 radical (unpaired) electrons. The zero-order valence-corrected chi connectivity index (χ0v) is 13.6. The van der Waals surface area contributed by atoms with Crippen LogP contribution in [0.4, 0.5) is 0 Å².